The Hall–Kier alpha value is -1.66. The molecule has 4 atom stereocenters. The number of aliphatic hydroxyl groups is 2. The lowest BCUT2D eigenvalue weighted by Gasteiger charge is -2.33. The molecule has 0 spiro atoms. The maximum absolute atomic E-state index is 15.2. The lowest BCUT2D eigenvalue weighted by molar-refractivity contribution is -0.113. The van der Waals surface area contributed by atoms with Gasteiger partial charge in [-0.3, -0.25) is 0 Å². The van der Waals surface area contributed by atoms with E-state index in [4.69, 9.17) is 21.1 Å². The predicted molar refractivity (Wildman–Crippen MR) is 102 cm³/mol. The van der Waals surface area contributed by atoms with E-state index in [1.54, 1.807) is 42.5 Å². The van der Waals surface area contributed by atoms with Crippen molar-refractivity contribution in [1.82, 2.24) is 0 Å². The SMILES string of the molecule is CCOc1ccc(C(F)c2cc(C3CC(O)CC(CO)O3)ccc2Cl)cc1. The van der Waals surface area contributed by atoms with E-state index in [0.717, 1.165) is 5.56 Å². The third kappa shape index (κ3) is 4.79. The van der Waals surface area contributed by atoms with Gasteiger partial charge < -0.3 is 19.7 Å². The number of aliphatic hydroxyl groups excluding tert-OH is 2. The second-order valence-electron chi connectivity index (χ2n) is 6.70. The molecular weight excluding hydrogens is 371 g/mol. The van der Waals surface area contributed by atoms with Gasteiger partial charge in [0.05, 0.1) is 31.5 Å². The van der Waals surface area contributed by atoms with Crippen LogP contribution in [0.4, 0.5) is 4.39 Å². The molecule has 3 rings (SSSR count). The molecule has 1 aliphatic rings. The quantitative estimate of drug-likeness (QED) is 0.763. The molecule has 4 unspecified atom stereocenters. The third-order valence-corrected chi connectivity index (χ3v) is 5.07. The molecular formula is C21H24ClFO4. The standard InChI is InChI=1S/C21H24ClFO4/c1-2-26-16-6-3-13(4-7-16)21(23)18-9-14(5-8-19(18)22)20-11-15(25)10-17(12-24)27-20/h3-9,15,17,20-21,24-25H,2,10-12H2,1H3. The highest BCUT2D eigenvalue weighted by Crippen LogP contribution is 2.37. The molecule has 2 aromatic rings. The van der Waals surface area contributed by atoms with E-state index >= 15 is 4.39 Å². The van der Waals surface area contributed by atoms with Crippen LogP contribution in [0.5, 0.6) is 5.75 Å². The van der Waals surface area contributed by atoms with E-state index in [9.17, 15) is 10.2 Å². The molecule has 27 heavy (non-hydrogen) atoms. The highest BCUT2D eigenvalue weighted by Gasteiger charge is 2.30. The smallest absolute Gasteiger partial charge is 0.152 e. The summed E-state index contributed by atoms with van der Waals surface area (Å²) in [5.41, 5.74) is 1.57. The van der Waals surface area contributed by atoms with Gasteiger partial charge in [-0.05, 0) is 42.3 Å². The van der Waals surface area contributed by atoms with Crippen molar-refractivity contribution in [3.8, 4) is 5.75 Å². The molecule has 1 fully saturated rings. The fourth-order valence-electron chi connectivity index (χ4n) is 3.36. The Labute approximate surface area is 163 Å². The van der Waals surface area contributed by atoms with Crippen LogP contribution in [-0.4, -0.2) is 35.6 Å². The first-order valence-corrected chi connectivity index (χ1v) is 9.50. The number of hydrogen-bond acceptors (Lipinski definition) is 4. The van der Waals surface area contributed by atoms with Crippen LogP contribution in [0.3, 0.4) is 0 Å². The average molecular weight is 395 g/mol. The Morgan fingerprint density at radius 2 is 1.96 bits per heavy atom. The Morgan fingerprint density at radius 1 is 1.22 bits per heavy atom. The van der Waals surface area contributed by atoms with Crippen molar-refractivity contribution in [2.24, 2.45) is 0 Å². The number of benzene rings is 2. The molecule has 2 N–H and O–H groups in total. The summed E-state index contributed by atoms with van der Waals surface area (Å²) >= 11 is 6.25. The minimum atomic E-state index is -1.39. The van der Waals surface area contributed by atoms with Crippen molar-refractivity contribution < 1.29 is 24.1 Å². The Morgan fingerprint density at radius 3 is 2.63 bits per heavy atom. The van der Waals surface area contributed by atoms with Crippen LogP contribution in [0.15, 0.2) is 42.5 Å². The number of ether oxygens (including phenoxy) is 2. The molecule has 0 bridgehead atoms. The van der Waals surface area contributed by atoms with Gasteiger partial charge in [0, 0.05) is 23.4 Å². The van der Waals surface area contributed by atoms with Crippen molar-refractivity contribution in [3.63, 3.8) is 0 Å². The molecule has 146 valence electrons. The molecule has 1 saturated heterocycles. The third-order valence-electron chi connectivity index (χ3n) is 4.73. The minimum absolute atomic E-state index is 0.161. The number of rotatable bonds is 6. The first-order chi connectivity index (χ1) is 13.0. The van der Waals surface area contributed by atoms with Crippen molar-refractivity contribution in [1.29, 1.82) is 0 Å². The summed E-state index contributed by atoms with van der Waals surface area (Å²) in [6, 6.07) is 11.9. The van der Waals surface area contributed by atoms with E-state index in [1.165, 1.54) is 0 Å². The van der Waals surface area contributed by atoms with Gasteiger partial charge in [-0.2, -0.15) is 0 Å². The minimum Gasteiger partial charge on any atom is -0.494 e. The van der Waals surface area contributed by atoms with E-state index < -0.39 is 24.5 Å². The van der Waals surface area contributed by atoms with Crippen molar-refractivity contribution in [3.05, 3.63) is 64.2 Å². The van der Waals surface area contributed by atoms with Crippen LogP contribution in [0.1, 0.15) is 48.7 Å². The summed E-state index contributed by atoms with van der Waals surface area (Å²) < 4.78 is 26.4. The second-order valence-corrected chi connectivity index (χ2v) is 7.11. The fourth-order valence-corrected chi connectivity index (χ4v) is 3.57. The monoisotopic (exact) mass is 394 g/mol. The van der Waals surface area contributed by atoms with Crippen molar-refractivity contribution >= 4 is 11.6 Å². The fraction of sp³-hybridized carbons (Fsp3) is 0.429. The number of alkyl halides is 1. The average Bonchev–Trinajstić information content (AvgIpc) is 2.68. The van der Waals surface area contributed by atoms with Gasteiger partial charge in [-0.15, -0.1) is 0 Å². The van der Waals surface area contributed by atoms with Crippen LogP contribution in [0, 0.1) is 0 Å². The van der Waals surface area contributed by atoms with E-state index in [2.05, 4.69) is 0 Å². The first kappa shape index (κ1) is 20.1. The maximum atomic E-state index is 15.2. The Kier molecular flexibility index (Phi) is 6.71. The van der Waals surface area contributed by atoms with E-state index in [-0.39, 0.29) is 6.61 Å². The highest BCUT2D eigenvalue weighted by atomic mass is 35.5. The molecule has 4 nitrogen and oxygen atoms in total. The van der Waals surface area contributed by atoms with Gasteiger partial charge in [0.2, 0.25) is 0 Å². The Balaban J connectivity index is 1.84. The van der Waals surface area contributed by atoms with E-state index in [0.29, 0.717) is 41.3 Å². The summed E-state index contributed by atoms with van der Waals surface area (Å²) in [5, 5.41) is 19.7. The lowest BCUT2D eigenvalue weighted by atomic mass is 9.93. The predicted octanol–water partition coefficient (Wildman–Crippen LogP) is 4.37. The second kappa shape index (κ2) is 9.02. The summed E-state index contributed by atoms with van der Waals surface area (Å²) in [5.74, 6) is 0.688. The number of halogens is 2. The highest BCUT2D eigenvalue weighted by molar-refractivity contribution is 6.31. The van der Waals surface area contributed by atoms with Crippen LogP contribution >= 0.6 is 11.6 Å². The molecule has 1 aliphatic heterocycles. The van der Waals surface area contributed by atoms with Gasteiger partial charge in [-0.1, -0.05) is 29.8 Å². The van der Waals surface area contributed by atoms with Crippen molar-refractivity contribution in [2.75, 3.05) is 13.2 Å². The first-order valence-electron chi connectivity index (χ1n) is 9.12. The summed E-state index contributed by atoms with van der Waals surface area (Å²) in [6.45, 7) is 2.28. The lowest BCUT2D eigenvalue weighted by Crippen LogP contribution is -2.33. The summed E-state index contributed by atoms with van der Waals surface area (Å²) in [6.07, 6.45) is -2.00. The molecule has 1 heterocycles. The van der Waals surface area contributed by atoms with Crippen LogP contribution < -0.4 is 4.74 Å². The largest absolute Gasteiger partial charge is 0.494 e. The van der Waals surface area contributed by atoms with Crippen molar-refractivity contribution in [2.45, 2.75) is 44.2 Å². The maximum Gasteiger partial charge on any atom is 0.152 e. The van der Waals surface area contributed by atoms with Crippen LogP contribution in [0.2, 0.25) is 5.02 Å². The molecule has 0 radical (unpaired) electrons. The van der Waals surface area contributed by atoms with Crippen LogP contribution in [-0.2, 0) is 4.74 Å². The van der Waals surface area contributed by atoms with Gasteiger partial charge in [0.1, 0.15) is 5.75 Å². The Bertz CT molecular complexity index is 752. The zero-order valence-corrected chi connectivity index (χ0v) is 15.9. The van der Waals surface area contributed by atoms with Gasteiger partial charge in [-0.25, -0.2) is 4.39 Å². The van der Waals surface area contributed by atoms with E-state index in [1.807, 2.05) is 6.92 Å². The number of hydrogen-bond donors (Lipinski definition) is 2. The molecule has 0 aliphatic carbocycles. The van der Waals surface area contributed by atoms with Gasteiger partial charge in [0.25, 0.3) is 0 Å². The molecule has 0 aromatic heterocycles. The van der Waals surface area contributed by atoms with Gasteiger partial charge in [0.15, 0.2) is 6.17 Å². The molecule has 2 aromatic carbocycles. The molecule has 0 amide bonds. The van der Waals surface area contributed by atoms with Gasteiger partial charge >= 0.3 is 0 Å². The molecule has 0 saturated carbocycles. The summed E-state index contributed by atoms with van der Waals surface area (Å²) in [4.78, 5) is 0. The zero-order chi connectivity index (χ0) is 19.4. The molecule has 6 heteroatoms. The van der Waals surface area contributed by atoms with Crippen LogP contribution in [0.25, 0.3) is 0 Å². The zero-order valence-electron chi connectivity index (χ0n) is 15.1. The normalized spacial score (nSPS) is 23.8. The topological polar surface area (TPSA) is 58.9 Å². The summed E-state index contributed by atoms with van der Waals surface area (Å²) in [7, 11) is 0.